The molecule has 1 aromatic heterocycles. The number of aliphatic hydroxyl groups is 1. The Bertz CT molecular complexity index is 783. The van der Waals surface area contributed by atoms with Crippen LogP contribution in [0.25, 0.3) is 11.1 Å². The first-order valence-electron chi connectivity index (χ1n) is 9.12. The van der Waals surface area contributed by atoms with Gasteiger partial charge in [0.15, 0.2) is 0 Å². The van der Waals surface area contributed by atoms with E-state index in [1.807, 2.05) is 40.6 Å². The van der Waals surface area contributed by atoms with Gasteiger partial charge in [0.05, 0.1) is 19.3 Å². The minimum atomic E-state index is -0.436. The van der Waals surface area contributed by atoms with Crippen LogP contribution >= 0.6 is 11.3 Å². The maximum absolute atomic E-state index is 12.5. The van der Waals surface area contributed by atoms with Crippen molar-refractivity contribution in [1.29, 1.82) is 0 Å². The van der Waals surface area contributed by atoms with Crippen molar-refractivity contribution >= 4 is 28.2 Å². The van der Waals surface area contributed by atoms with E-state index in [2.05, 4.69) is 5.32 Å². The van der Waals surface area contributed by atoms with Gasteiger partial charge in [0.1, 0.15) is 10.6 Å². The molecule has 1 fully saturated rings. The zero-order chi connectivity index (χ0) is 19.2. The van der Waals surface area contributed by atoms with Gasteiger partial charge in [-0.2, -0.15) is 0 Å². The SMILES string of the molecule is CCOC(=O)c1c(-c2ccccc2)csc1NC(=O)CN1CCC(O)CC1. The van der Waals surface area contributed by atoms with Crippen LogP contribution in [0.15, 0.2) is 35.7 Å². The molecule has 1 saturated heterocycles. The fraction of sp³-hybridized carbons (Fsp3) is 0.400. The Balaban J connectivity index is 1.77. The molecular formula is C20H24N2O4S. The van der Waals surface area contributed by atoms with Gasteiger partial charge in [0.2, 0.25) is 5.91 Å². The fourth-order valence-corrected chi connectivity index (χ4v) is 4.11. The number of thiophene rings is 1. The lowest BCUT2D eigenvalue weighted by Gasteiger charge is -2.28. The second kappa shape index (κ2) is 9.12. The Morgan fingerprint density at radius 3 is 2.63 bits per heavy atom. The summed E-state index contributed by atoms with van der Waals surface area (Å²) in [5, 5.41) is 14.8. The molecule has 6 nitrogen and oxygen atoms in total. The number of hydrogen-bond donors (Lipinski definition) is 2. The molecule has 1 aromatic carbocycles. The molecule has 27 heavy (non-hydrogen) atoms. The molecule has 0 spiro atoms. The van der Waals surface area contributed by atoms with E-state index < -0.39 is 5.97 Å². The lowest BCUT2D eigenvalue weighted by atomic mass is 10.0. The number of nitrogens with zero attached hydrogens (tertiary/aromatic N) is 1. The van der Waals surface area contributed by atoms with Gasteiger partial charge in [-0.3, -0.25) is 9.69 Å². The molecule has 2 N–H and O–H groups in total. The molecule has 0 atom stereocenters. The average molecular weight is 388 g/mol. The first kappa shape index (κ1) is 19.5. The molecule has 0 saturated carbocycles. The van der Waals surface area contributed by atoms with E-state index in [4.69, 9.17) is 4.74 Å². The van der Waals surface area contributed by atoms with Crippen LogP contribution in [0.1, 0.15) is 30.1 Å². The maximum atomic E-state index is 12.5. The molecule has 0 radical (unpaired) electrons. The van der Waals surface area contributed by atoms with Crippen molar-refractivity contribution in [3.63, 3.8) is 0 Å². The van der Waals surface area contributed by atoms with Gasteiger partial charge >= 0.3 is 5.97 Å². The molecule has 1 aliphatic rings. The zero-order valence-electron chi connectivity index (χ0n) is 15.3. The average Bonchev–Trinajstić information content (AvgIpc) is 3.08. The van der Waals surface area contributed by atoms with Crippen molar-refractivity contribution in [2.24, 2.45) is 0 Å². The van der Waals surface area contributed by atoms with Crippen molar-refractivity contribution < 1.29 is 19.4 Å². The molecule has 0 bridgehead atoms. The van der Waals surface area contributed by atoms with E-state index in [0.717, 1.165) is 11.1 Å². The first-order chi connectivity index (χ1) is 13.1. The summed E-state index contributed by atoms with van der Waals surface area (Å²) in [5.74, 6) is -0.604. The number of piperidine rings is 1. The number of esters is 1. The van der Waals surface area contributed by atoms with Gasteiger partial charge in [0.25, 0.3) is 0 Å². The number of anilines is 1. The highest BCUT2D eigenvalue weighted by Gasteiger charge is 2.24. The van der Waals surface area contributed by atoms with Crippen LogP contribution in [0.5, 0.6) is 0 Å². The first-order valence-corrected chi connectivity index (χ1v) is 10.0. The van der Waals surface area contributed by atoms with Gasteiger partial charge in [-0.1, -0.05) is 30.3 Å². The highest BCUT2D eigenvalue weighted by atomic mass is 32.1. The van der Waals surface area contributed by atoms with Gasteiger partial charge in [-0.15, -0.1) is 11.3 Å². The van der Waals surface area contributed by atoms with Crippen LogP contribution in [-0.4, -0.2) is 54.2 Å². The summed E-state index contributed by atoms with van der Waals surface area (Å²) in [6.45, 7) is 3.66. The van der Waals surface area contributed by atoms with Crippen LogP contribution in [0, 0.1) is 0 Å². The summed E-state index contributed by atoms with van der Waals surface area (Å²) < 4.78 is 5.21. The highest BCUT2D eigenvalue weighted by molar-refractivity contribution is 7.15. The molecule has 2 heterocycles. The predicted molar refractivity (Wildman–Crippen MR) is 106 cm³/mol. The van der Waals surface area contributed by atoms with Crippen molar-refractivity contribution in [1.82, 2.24) is 4.90 Å². The lowest BCUT2D eigenvalue weighted by Crippen LogP contribution is -2.40. The number of amides is 1. The third kappa shape index (κ3) is 4.94. The summed E-state index contributed by atoms with van der Waals surface area (Å²) in [5.41, 5.74) is 2.06. The molecule has 0 aliphatic carbocycles. The van der Waals surface area contributed by atoms with E-state index >= 15 is 0 Å². The number of rotatable bonds is 6. The van der Waals surface area contributed by atoms with E-state index in [0.29, 0.717) is 36.5 Å². The summed E-state index contributed by atoms with van der Waals surface area (Å²) >= 11 is 1.32. The van der Waals surface area contributed by atoms with Gasteiger partial charge in [0, 0.05) is 24.0 Å². The maximum Gasteiger partial charge on any atom is 0.341 e. The molecule has 2 aromatic rings. The van der Waals surface area contributed by atoms with Gasteiger partial charge in [-0.25, -0.2) is 4.79 Å². The Morgan fingerprint density at radius 1 is 1.26 bits per heavy atom. The van der Waals surface area contributed by atoms with Crippen molar-refractivity contribution in [3.05, 3.63) is 41.3 Å². The van der Waals surface area contributed by atoms with Crippen LogP contribution in [0.2, 0.25) is 0 Å². The van der Waals surface area contributed by atoms with Crippen LogP contribution in [-0.2, 0) is 9.53 Å². The van der Waals surface area contributed by atoms with Crippen LogP contribution < -0.4 is 5.32 Å². The summed E-state index contributed by atoms with van der Waals surface area (Å²) in [4.78, 5) is 27.0. The minimum Gasteiger partial charge on any atom is -0.462 e. The highest BCUT2D eigenvalue weighted by Crippen LogP contribution is 2.36. The number of hydrogen-bond acceptors (Lipinski definition) is 6. The zero-order valence-corrected chi connectivity index (χ0v) is 16.1. The number of ether oxygens (including phenoxy) is 1. The Kier molecular flexibility index (Phi) is 6.60. The monoisotopic (exact) mass is 388 g/mol. The number of benzene rings is 1. The molecule has 7 heteroatoms. The van der Waals surface area contributed by atoms with Gasteiger partial charge < -0.3 is 15.2 Å². The summed E-state index contributed by atoms with van der Waals surface area (Å²) in [6.07, 6.45) is 1.09. The third-order valence-corrected chi connectivity index (χ3v) is 5.43. The van der Waals surface area contributed by atoms with E-state index in [9.17, 15) is 14.7 Å². The van der Waals surface area contributed by atoms with Crippen molar-refractivity contribution in [2.45, 2.75) is 25.9 Å². The number of nitrogens with one attached hydrogen (secondary N) is 1. The normalized spacial score (nSPS) is 15.5. The number of likely N-dealkylation sites (tertiary alicyclic amines) is 1. The number of aliphatic hydroxyl groups excluding tert-OH is 1. The number of carbonyl (C=O) groups is 2. The molecule has 1 aliphatic heterocycles. The van der Waals surface area contributed by atoms with E-state index in [1.165, 1.54) is 11.3 Å². The van der Waals surface area contributed by atoms with Crippen molar-refractivity contribution in [2.75, 3.05) is 31.6 Å². The minimum absolute atomic E-state index is 0.168. The Labute approximate surface area is 162 Å². The molecule has 1 amide bonds. The molecule has 3 rings (SSSR count). The standard InChI is InChI=1S/C20H24N2O4S/c1-2-26-20(25)18-16(14-6-4-3-5-7-14)13-27-19(18)21-17(24)12-22-10-8-15(23)9-11-22/h3-7,13,15,23H,2,8-12H2,1H3,(H,21,24). The van der Waals surface area contributed by atoms with Crippen LogP contribution in [0.4, 0.5) is 5.00 Å². The Morgan fingerprint density at radius 2 is 1.96 bits per heavy atom. The summed E-state index contributed by atoms with van der Waals surface area (Å²) in [6, 6.07) is 9.58. The smallest absolute Gasteiger partial charge is 0.341 e. The predicted octanol–water partition coefficient (Wildman–Crippen LogP) is 2.99. The number of carbonyl (C=O) groups excluding carboxylic acids is 2. The second-order valence-corrected chi connectivity index (χ2v) is 7.38. The largest absolute Gasteiger partial charge is 0.462 e. The van der Waals surface area contributed by atoms with E-state index in [-0.39, 0.29) is 25.2 Å². The molecule has 0 unspecified atom stereocenters. The quantitative estimate of drug-likeness (QED) is 0.744. The van der Waals surface area contributed by atoms with E-state index in [1.54, 1.807) is 6.92 Å². The van der Waals surface area contributed by atoms with Gasteiger partial charge in [-0.05, 0) is 25.3 Å². The molecule has 144 valence electrons. The second-order valence-electron chi connectivity index (χ2n) is 6.50. The van der Waals surface area contributed by atoms with Crippen LogP contribution in [0.3, 0.4) is 0 Å². The molecular weight excluding hydrogens is 364 g/mol. The Hall–Kier alpha value is -2.22. The third-order valence-electron chi connectivity index (χ3n) is 4.53. The summed E-state index contributed by atoms with van der Waals surface area (Å²) in [7, 11) is 0. The van der Waals surface area contributed by atoms with Crippen molar-refractivity contribution in [3.8, 4) is 11.1 Å². The topological polar surface area (TPSA) is 78.9 Å². The fourth-order valence-electron chi connectivity index (χ4n) is 3.13. The lowest BCUT2D eigenvalue weighted by molar-refractivity contribution is -0.117.